The third kappa shape index (κ3) is 1.25. The molecular weight excluding hydrogens is 152 g/mol. The standard InChI is InChI=1S/C9H14N2O/c1-7-8(6-11-12-7)5-9(10-2)3-4-9/h6,10H,3-5H2,1-2H3. The lowest BCUT2D eigenvalue weighted by molar-refractivity contribution is 0.395. The van der Waals surface area contributed by atoms with Gasteiger partial charge in [0.05, 0.1) is 6.20 Å². The van der Waals surface area contributed by atoms with Gasteiger partial charge in [0.2, 0.25) is 0 Å². The van der Waals surface area contributed by atoms with Crippen LogP contribution >= 0.6 is 0 Å². The van der Waals surface area contributed by atoms with Crippen molar-refractivity contribution in [2.24, 2.45) is 0 Å². The van der Waals surface area contributed by atoms with Gasteiger partial charge in [-0.05, 0) is 33.2 Å². The Morgan fingerprint density at radius 3 is 2.83 bits per heavy atom. The Morgan fingerprint density at radius 1 is 1.67 bits per heavy atom. The minimum Gasteiger partial charge on any atom is -0.361 e. The first-order valence-electron chi connectivity index (χ1n) is 4.35. The van der Waals surface area contributed by atoms with E-state index < -0.39 is 0 Å². The molecule has 0 bridgehead atoms. The SMILES string of the molecule is CNC1(Cc2cnoc2C)CC1. The van der Waals surface area contributed by atoms with Crippen molar-refractivity contribution in [1.82, 2.24) is 10.5 Å². The van der Waals surface area contributed by atoms with Gasteiger partial charge in [0.25, 0.3) is 0 Å². The van der Waals surface area contributed by atoms with Crippen LogP contribution in [-0.4, -0.2) is 17.7 Å². The average Bonchev–Trinajstić information content (AvgIpc) is 2.74. The maximum absolute atomic E-state index is 5.00. The fraction of sp³-hybridized carbons (Fsp3) is 0.667. The summed E-state index contributed by atoms with van der Waals surface area (Å²) in [5.41, 5.74) is 1.60. The van der Waals surface area contributed by atoms with Crippen molar-refractivity contribution >= 4 is 0 Å². The molecule has 1 aliphatic rings. The summed E-state index contributed by atoms with van der Waals surface area (Å²) in [7, 11) is 2.02. The number of aromatic nitrogens is 1. The molecule has 1 heterocycles. The number of nitrogens with one attached hydrogen (secondary N) is 1. The lowest BCUT2D eigenvalue weighted by atomic mass is 10.1. The van der Waals surface area contributed by atoms with Crippen LogP contribution in [0.25, 0.3) is 0 Å². The molecule has 3 heteroatoms. The van der Waals surface area contributed by atoms with E-state index in [4.69, 9.17) is 4.52 Å². The van der Waals surface area contributed by atoms with E-state index in [1.54, 1.807) is 0 Å². The van der Waals surface area contributed by atoms with Crippen molar-refractivity contribution in [3.63, 3.8) is 0 Å². The summed E-state index contributed by atoms with van der Waals surface area (Å²) in [4.78, 5) is 0. The van der Waals surface area contributed by atoms with Crippen LogP contribution in [0.4, 0.5) is 0 Å². The van der Waals surface area contributed by atoms with E-state index in [9.17, 15) is 0 Å². The Kier molecular flexibility index (Phi) is 1.68. The Labute approximate surface area is 72.1 Å². The lowest BCUT2D eigenvalue weighted by Gasteiger charge is -2.11. The zero-order valence-corrected chi connectivity index (χ0v) is 7.55. The fourth-order valence-electron chi connectivity index (χ4n) is 1.52. The summed E-state index contributed by atoms with van der Waals surface area (Å²) in [5, 5.41) is 7.11. The largest absolute Gasteiger partial charge is 0.361 e. The fourth-order valence-corrected chi connectivity index (χ4v) is 1.52. The molecule has 66 valence electrons. The minimum absolute atomic E-state index is 0.357. The summed E-state index contributed by atoms with van der Waals surface area (Å²) >= 11 is 0. The highest BCUT2D eigenvalue weighted by molar-refractivity contribution is 5.19. The van der Waals surface area contributed by atoms with Gasteiger partial charge >= 0.3 is 0 Å². The predicted molar refractivity (Wildman–Crippen MR) is 46.0 cm³/mol. The Hall–Kier alpha value is -0.830. The molecule has 2 rings (SSSR count). The second kappa shape index (κ2) is 2.59. The van der Waals surface area contributed by atoms with E-state index in [1.807, 2.05) is 20.2 Å². The number of aryl methyl sites for hydroxylation is 1. The van der Waals surface area contributed by atoms with E-state index in [2.05, 4.69) is 10.5 Å². The van der Waals surface area contributed by atoms with Crippen LogP contribution in [0.15, 0.2) is 10.7 Å². The van der Waals surface area contributed by atoms with Crippen LogP contribution in [0.3, 0.4) is 0 Å². The minimum atomic E-state index is 0.357. The molecule has 0 aromatic carbocycles. The number of hydrogen-bond donors (Lipinski definition) is 1. The molecule has 0 aliphatic heterocycles. The molecule has 1 fully saturated rings. The Balaban J connectivity index is 2.08. The molecule has 12 heavy (non-hydrogen) atoms. The zero-order valence-electron chi connectivity index (χ0n) is 7.55. The number of likely N-dealkylation sites (N-methyl/N-ethyl adjacent to an activating group) is 1. The van der Waals surface area contributed by atoms with Gasteiger partial charge in [0.1, 0.15) is 5.76 Å². The van der Waals surface area contributed by atoms with E-state index >= 15 is 0 Å². The molecule has 0 unspecified atom stereocenters. The normalized spacial score (nSPS) is 19.5. The van der Waals surface area contributed by atoms with Crippen LogP contribution in [0.5, 0.6) is 0 Å². The first-order chi connectivity index (χ1) is 5.76. The van der Waals surface area contributed by atoms with E-state index in [-0.39, 0.29) is 0 Å². The zero-order chi connectivity index (χ0) is 8.60. The summed E-state index contributed by atoms with van der Waals surface area (Å²) in [6.07, 6.45) is 5.42. The van der Waals surface area contributed by atoms with E-state index in [1.165, 1.54) is 18.4 Å². The van der Waals surface area contributed by atoms with Gasteiger partial charge in [-0.25, -0.2) is 0 Å². The number of rotatable bonds is 3. The van der Waals surface area contributed by atoms with Crippen LogP contribution < -0.4 is 5.32 Å². The smallest absolute Gasteiger partial charge is 0.136 e. The van der Waals surface area contributed by atoms with Crippen molar-refractivity contribution in [2.75, 3.05) is 7.05 Å². The monoisotopic (exact) mass is 166 g/mol. The first kappa shape index (κ1) is 7.80. The highest BCUT2D eigenvalue weighted by Gasteiger charge is 2.41. The third-order valence-corrected chi connectivity index (χ3v) is 2.76. The molecule has 1 aromatic heterocycles. The van der Waals surface area contributed by atoms with Crippen molar-refractivity contribution in [2.45, 2.75) is 31.7 Å². The molecule has 3 nitrogen and oxygen atoms in total. The summed E-state index contributed by atoms with van der Waals surface area (Å²) < 4.78 is 5.00. The highest BCUT2D eigenvalue weighted by atomic mass is 16.5. The van der Waals surface area contributed by atoms with Crippen molar-refractivity contribution in [1.29, 1.82) is 0 Å². The van der Waals surface area contributed by atoms with Crippen molar-refractivity contribution < 1.29 is 4.52 Å². The quantitative estimate of drug-likeness (QED) is 0.735. The number of nitrogens with zero attached hydrogens (tertiary/aromatic N) is 1. The van der Waals surface area contributed by atoms with Crippen LogP contribution in [0.2, 0.25) is 0 Å². The van der Waals surface area contributed by atoms with E-state index in [0.29, 0.717) is 5.54 Å². The second-order valence-corrected chi connectivity index (χ2v) is 3.61. The summed E-state index contributed by atoms with van der Waals surface area (Å²) in [6, 6.07) is 0. The van der Waals surface area contributed by atoms with Gasteiger partial charge in [0.15, 0.2) is 0 Å². The van der Waals surface area contributed by atoms with Crippen molar-refractivity contribution in [3.05, 3.63) is 17.5 Å². The molecule has 1 aliphatic carbocycles. The first-order valence-corrected chi connectivity index (χ1v) is 4.35. The lowest BCUT2D eigenvalue weighted by Crippen LogP contribution is -2.29. The topological polar surface area (TPSA) is 38.1 Å². The van der Waals surface area contributed by atoms with Crippen molar-refractivity contribution in [3.8, 4) is 0 Å². The van der Waals surface area contributed by atoms with Gasteiger partial charge in [-0.15, -0.1) is 0 Å². The molecule has 1 N–H and O–H groups in total. The van der Waals surface area contributed by atoms with Gasteiger partial charge in [-0.2, -0.15) is 0 Å². The Morgan fingerprint density at radius 2 is 2.42 bits per heavy atom. The number of hydrogen-bond acceptors (Lipinski definition) is 3. The maximum atomic E-state index is 5.00. The molecule has 1 saturated carbocycles. The van der Waals surface area contributed by atoms with Crippen LogP contribution in [-0.2, 0) is 6.42 Å². The van der Waals surface area contributed by atoms with Gasteiger partial charge in [0, 0.05) is 11.1 Å². The molecule has 1 aromatic rings. The predicted octanol–water partition coefficient (Wildman–Crippen LogP) is 1.28. The highest BCUT2D eigenvalue weighted by Crippen LogP contribution is 2.38. The molecule has 0 atom stereocenters. The van der Waals surface area contributed by atoms with Crippen LogP contribution in [0, 0.1) is 6.92 Å². The molecule has 0 amide bonds. The molecule has 0 saturated heterocycles. The summed E-state index contributed by atoms with van der Waals surface area (Å²) in [5.74, 6) is 0.955. The second-order valence-electron chi connectivity index (χ2n) is 3.61. The maximum Gasteiger partial charge on any atom is 0.136 e. The average molecular weight is 166 g/mol. The summed E-state index contributed by atoms with van der Waals surface area (Å²) in [6.45, 7) is 1.97. The van der Waals surface area contributed by atoms with Crippen LogP contribution in [0.1, 0.15) is 24.2 Å². The molecule has 0 radical (unpaired) electrons. The Bertz CT molecular complexity index is 276. The third-order valence-electron chi connectivity index (χ3n) is 2.76. The molecule has 0 spiro atoms. The van der Waals surface area contributed by atoms with Gasteiger partial charge in [-0.1, -0.05) is 5.16 Å². The molecular formula is C9H14N2O. The van der Waals surface area contributed by atoms with Gasteiger partial charge < -0.3 is 9.84 Å². The van der Waals surface area contributed by atoms with Gasteiger partial charge in [-0.3, -0.25) is 0 Å². The van der Waals surface area contributed by atoms with E-state index in [0.717, 1.165) is 12.2 Å².